The maximum atomic E-state index is 11.1. The van der Waals surface area contributed by atoms with Gasteiger partial charge in [-0.2, -0.15) is 0 Å². The first-order chi connectivity index (χ1) is 6.57. The van der Waals surface area contributed by atoms with Gasteiger partial charge in [-0.1, -0.05) is 0 Å². The smallest absolute Gasteiger partial charge is 0.217 e. The van der Waals surface area contributed by atoms with Crippen LogP contribution in [-0.4, -0.2) is 31.3 Å². The Kier molecular flexibility index (Phi) is 7.02. The first-order valence-electron chi connectivity index (χ1n) is 5.00. The fraction of sp³-hybridized carbons (Fsp3) is 0.800. The third-order valence-electron chi connectivity index (χ3n) is 2.04. The average Bonchev–Trinajstić information content (AvgIpc) is 2.09. The molecule has 0 spiro atoms. The Hall–Kier alpha value is -0.900. The summed E-state index contributed by atoms with van der Waals surface area (Å²) < 4.78 is 0. The van der Waals surface area contributed by atoms with E-state index in [2.05, 4.69) is 10.6 Å². The number of Topliss-reactive ketones (excluding diaryl/α,β-unsaturated/α-hetero) is 1. The number of ketones is 1. The van der Waals surface area contributed by atoms with Crippen LogP contribution in [0.1, 0.15) is 33.1 Å². The highest BCUT2D eigenvalue weighted by atomic mass is 16.2. The van der Waals surface area contributed by atoms with Crippen LogP contribution in [0.4, 0.5) is 0 Å². The van der Waals surface area contributed by atoms with Gasteiger partial charge in [-0.3, -0.25) is 9.59 Å². The van der Waals surface area contributed by atoms with E-state index >= 15 is 0 Å². The number of nitrogens with one attached hydrogen (secondary N) is 2. The summed E-state index contributed by atoms with van der Waals surface area (Å²) in [5, 5.41) is 5.69. The summed E-state index contributed by atoms with van der Waals surface area (Å²) in [6.45, 7) is 3.90. The van der Waals surface area contributed by atoms with Gasteiger partial charge in [0.25, 0.3) is 0 Å². The molecule has 0 aliphatic heterocycles. The molecule has 0 fully saturated rings. The van der Waals surface area contributed by atoms with Crippen molar-refractivity contribution in [2.24, 2.45) is 0 Å². The molecule has 0 saturated carbocycles. The van der Waals surface area contributed by atoms with Crippen LogP contribution in [-0.2, 0) is 9.59 Å². The quantitative estimate of drug-likeness (QED) is 0.587. The van der Waals surface area contributed by atoms with E-state index in [1.165, 1.54) is 13.8 Å². The summed E-state index contributed by atoms with van der Waals surface area (Å²) in [4.78, 5) is 21.9. The van der Waals surface area contributed by atoms with Crippen molar-refractivity contribution in [1.82, 2.24) is 10.6 Å². The normalized spacial score (nSPS) is 12.2. The number of rotatable bonds is 7. The van der Waals surface area contributed by atoms with Crippen LogP contribution in [0.25, 0.3) is 0 Å². The third kappa shape index (κ3) is 6.60. The van der Waals surface area contributed by atoms with Crippen LogP contribution in [0, 0.1) is 0 Å². The van der Waals surface area contributed by atoms with Crippen molar-refractivity contribution >= 4 is 11.7 Å². The van der Waals surface area contributed by atoms with Crippen LogP contribution in [0.2, 0.25) is 0 Å². The van der Waals surface area contributed by atoms with Crippen molar-refractivity contribution in [3.05, 3.63) is 0 Å². The lowest BCUT2D eigenvalue weighted by Gasteiger charge is -2.14. The molecule has 0 saturated heterocycles. The van der Waals surface area contributed by atoms with Gasteiger partial charge in [0.1, 0.15) is 0 Å². The van der Waals surface area contributed by atoms with E-state index in [9.17, 15) is 9.59 Å². The number of hydrogen-bond donors (Lipinski definition) is 2. The van der Waals surface area contributed by atoms with E-state index in [1.807, 2.05) is 7.05 Å². The van der Waals surface area contributed by atoms with Gasteiger partial charge >= 0.3 is 0 Å². The van der Waals surface area contributed by atoms with Gasteiger partial charge in [0, 0.05) is 6.92 Å². The van der Waals surface area contributed by atoms with Gasteiger partial charge in [-0.25, -0.2) is 0 Å². The largest absolute Gasteiger partial charge is 0.347 e. The lowest BCUT2D eigenvalue weighted by molar-refractivity contribution is -0.125. The predicted molar refractivity (Wildman–Crippen MR) is 56.1 cm³/mol. The number of carbonyl (C=O) groups is 2. The molecule has 0 aromatic carbocycles. The number of carbonyl (C=O) groups excluding carboxylic acids is 2. The zero-order chi connectivity index (χ0) is 11.0. The molecule has 82 valence electrons. The van der Waals surface area contributed by atoms with Crippen molar-refractivity contribution in [2.45, 2.75) is 39.2 Å². The first kappa shape index (κ1) is 13.1. The van der Waals surface area contributed by atoms with E-state index in [-0.39, 0.29) is 17.7 Å². The van der Waals surface area contributed by atoms with Gasteiger partial charge in [0.2, 0.25) is 5.91 Å². The molecule has 0 radical (unpaired) electrons. The van der Waals surface area contributed by atoms with Gasteiger partial charge in [0.15, 0.2) is 5.78 Å². The molecule has 14 heavy (non-hydrogen) atoms. The Balaban J connectivity index is 3.74. The lowest BCUT2D eigenvalue weighted by Crippen LogP contribution is -2.38. The van der Waals surface area contributed by atoms with Crippen LogP contribution < -0.4 is 10.6 Å². The van der Waals surface area contributed by atoms with Crippen molar-refractivity contribution in [3.8, 4) is 0 Å². The van der Waals surface area contributed by atoms with E-state index in [0.29, 0.717) is 0 Å². The Labute approximate surface area is 85.4 Å². The Morgan fingerprint density at radius 3 is 2.29 bits per heavy atom. The molecule has 1 amide bonds. The molecule has 2 N–H and O–H groups in total. The maximum absolute atomic E-state index is 11.1. The first-order valence-corrected chi connectivity index (χ1v) is 5.00. The summed E-state index contributed by atoms with van der Waals surface area (Å²) in [6.07, 6.45) is 2.71. The van der Waals surface area contributed by atoms with E-state index in [0.717, 1.165) is 25.8 Å². The fourth-order valence-electron chi connectivity index (χ4n) is 1.27. The van der Waals surface area contributed by atoms with Crippen LogP contribution in [0.15, 0.2) is 0 Å². The number of hydrogen-bond acceptors (Lipinski definition) is 3. The molecule has 0 aliphatic carbocycles. The molecule has 0 heterocycles. The Morgan fingerprint density at radius 1 is 1.21 bits per heavy atom. The number of amides is 1. The minimum atomic E-state index is -0.302. The molecule has 0 unspecified atom stereocenters. The average molecular weight is 200 g/mol. The highest BCUT2D eigenvalue weighted by molar-refractivity contribution is 5.86. The summed E-state index contributed by atoms with van der Waals surface area (Å²) in [5.74, 6) is -0.108. The summed E-state index contributed by atoms with van der Waals surface area (Å²) in [6, 6.07) is -0.302. The molecule has 0 aromatic rings. The minimum absolute atomic E-state index is 0.0321. The lowest BCUT2D eigenvalue weighted by atomic mass is 10.1. The molecule has 0 bridgehead atoms. The van der Waals surface area contributed by atoms with Crippen molar-refractivity contribution < 1.29 is 9.59 Å². The monoisotopic (exact) mass is 200 g/mol. The third-order valence-corrected chi connectivity index (χ3v) is 2.04. The zero-order valence-electron chi connectivity index (χ0n) is 9.22. The second-order valence-corrected chi connectivity index (χ2v) is 3.46. The van der Waals surface area contributed by atoms with E-state index < -0.39 is 0 Å². The molecule has 0 rings (SSSR count). The van der Waals surface area contributed by atoms with Crippen molar-refractivity contribution in [1.29, 1.82) is 0 Å². The maximum Gasteiger partial charge on any atom is 0.217 e. The highest BCUT2D eigenvalue weighted by Gasteiger charge is 2.13. The molecule has 4 heteroatoms. The SMILES string of the molecule is CNCCCC[C@@H](NC(C)=O)C(C)=O. The summed E-state index contributed by atoms with van der Waals surface area (Å²) >= 11 is 0. The van der Waals surface area contributed by atoms with Crippen LogP contribution >= 0.6 is 0 Å². The van der Waals surface area contributed by atoms with E-state index in [1.54, 1.807) is 0 Å². The predicted octanol–water partition coefficient (Wildman–Crippen LogP) is 0.470. The topological polar surface area (TPSA) is 58.2 Å². The standard InChI is InChI=1S/C10H20N2O2/c1-8(13)10(12-9(2)14)6-4-5-7-11-3/h10-11H,4-7H2,1-3H3,(H,12,14)/t10-/m1/s1. The zero-order valence-corrected chi connectivity index (χ0v) is 9.22. The van der Waals surface area contributed by atoms with Gasteiger partial charge < -0.3 is 10.6 Å². The molecular weight excluding hydrogens is 180 g/mol. The fourth-order valence-corrected chi connectivity index (χ4v) is 1.27. The second-order valence-electron chi connectivity index (χ2n) is 3.46. The van der Waals surface area contributed by atoms with Gasteiger partial charge in [-0.05, 0) is 39.8 Å². The van der Waals surface area contributed by atoms with Crippen molar-refractivity contribution in [2.75, 3.05) is 13.6 Å². The van der Waals surface area contributed by atoms with Crippen LogP contribution in [0.3, 0.4) is 0 Å². The molecule has 4 nitrogen and oxygen atoms in total. The molecular formula is C10H20N2O2. The van der Waals surface area contributed by atoms with Crippen LogP contribution in [0.5, 0.6) is 0 Å². The number of unbranched alkanes of at least 4 members (excludes halogenated alkanes) is 1. The highest BCUT2D eigenvalue weighted by Crippen LogP contribution is 2.01. The van der Waals surface area contributed by atoms with E-state index in [4.69, 9.17) is 0 Å². The molecule has 1 atom stereocenters. The summed E-state index contributed by atoms with van der Waals surface area (Å²) in [7, 11) is 1.90. The summed E-state index contributed by atoms with van der Waals surface area (Å²) in [5.41, 5.74) is 0. The molecule has 0 aliphatic rings. The Bertz CT molecular complexity index is 193. The molecule has 0 aromatic heterocycles. The minimum Gasteiger partial charge on any atom is -0.347 e. The second kappa shape index (κ2) is 7.50. The van der Waals surface area contributed by atoms with Gasteiger partial charge in [-0.15, -0.1) is 0 Å². The Morgan fingerprint density at radius 2 is 1.86 bits per heavy atom. The van der Waals surface area contributed by atoms with Gasteiger partial charge in [0.05, 0.1) is 6.04 Å². The van der Waals surface area contributed by atoms with Crippen molar-refractivity contribution in [3.63, 3.8) is 0 Å².